The number of hydrogen-bond donors (Lipinski definition) is 1. The molecule has 0 atom stereocenters. The molecular formula is C24H28N4O4S. The van der Waals surface area contributed by atoms with Crippen molar-refractivity contribution in [1.82, 2.24) is 14.1 Å². The third kappa shape index (κ3) is 4.85. The highest BCUT2D eigenvalue weighted by Crippen LogP contribution is 2.24. The summed E-state index contributed by atoms with van der Waals surface area (Å²) in [6.07, 6.45) is 0. The number of ether oxygens (including phenoxy) is 1. The molecule has 2 heterocycles. The topological polar surface area (TPSA) is 93.5 Å². The molecule has 3 aromatic rings. The number of nitrogens with zero attached hydrogens (tertiary/aromatic N) is 3. The molecule has 1 aliphatic heterocycles. The molecule has 4 rings (SSSR count). The fraction of sp³-hybridized carbons (Fsp3) is 0.333. The minimum Gasteiger partial charge on any atom is -0.379 e. The summed E-state index contributed by atoms with van der Waals surface area (Å²) >= 11 is 0. The Labute approximate surface area is 194 Å². The lowest BCUT2D eigenvalue weighted by Gasteiger charge is -2.26. The molecule has 0 aliphatic carbocycles. The molecule has 1 aromatic heterocycles. The van der Waals surface area contributed by atoms with E-state index in [1.54, 1.807) is 29.8 Å². The fourth-order valence-electron chi connectivity index (χ4n) is 3.98. The van der Waals surface area contributed by atoms with Crippen molar-refractivity contribution in [3.63, 3.8) is 0 Å². The van der Waals surface area contributed by atoms with E-state index in [-0.39, 0.29) is 4.90 Å². The maximum absolute atomic E-state index is 13.2. The summed E-state index contributed by atoms with van der Waals surface area (Å²) in [6.45, 7) is 8.98. The van der Waals surface area contributed by atoms with Gasteiger partial charge in [-0.15, -0.1) is 0 Å². The van der Waals surface area contributed by atoms with Gasteiger partial charge < -0.3 is 10.1 Å². The smallest absolute Gasteiger partial charge is 0.257 e. The van der Waals surface area contributed by atoms with Gasteiger partial charge in [-0.25, -0.2) is 13.1 Å². The summed E-state index contributed by atoms with van der Waals surface area (Å²) in [4.78, 5) is 13.3. The number of rotatable bonds is 5. The summed E-state index contributed by atoms with van der Waals surface area (Å²) in [5.74, 6) is 0.125. The van der Waals surface area contributed by atoms with Gasteiger partial charge in [-0.3, -0.25) is 4.79 Å². The number of aromatic nitrogens is 2. The Morgan fingerprint density at radius 3 is 2.30 bits per heavy atom. The zero-order valence-corrected chi connectivity index (χ0v) is 20.1. The lowest BCUT2D eigenvalue weighted by Crippen LogP contribution is -2.40. The number of morpholine rings is 1. The molecule has 1 aliphatic rings. The van der Waals surface area contributed by atoms with Gasteiger partial charge in [0, 0.05) is 24.7 Å². The number of hydrogen-bond acceptors (Lipinski definition) is 5. The van der Waals surface area contributed by atoms with Gasteiger partial charge in [0.25, 0.3) is 5.91 Å². The highest BCUT2D eigenvalue weighted by molar-refractivity contribution is 7.89. The molecule has 0 spiro atoms. The van der Waals surface area contributed by atoms with Gasteiger partial charge >= 0.3 is 0 Å². The highest BCUT2D eigenvalue weighted by atomic mass is 32.2. The van der Waals surface area contributed by atoms with Crippen molar-refractivity contribution in [2.75, 3.05) is 31.6 Å². The monoisotopic (exact) mass is 468 g/mol. The zero-order chi connectivity index (χ0) is 23.8. The zero-order valence-electron chi connectivity index (χ0n) is 19.3. The van der Waals surface area contributed by atoms with Crippen LogP contribution in [0.15, 0.2) is 47.4 Å². The van der Waals surface area contributed by atoms with Crippen LogP contribution in [0.2, 0.25) is 0 Å². The molecule has 0 bridgehead atoms. The van der Waals surface area contributed by atoms with Crippen LogP contribution in [0.4, 0.5) is 5.82 Å². The van der Waals surface area contributed by atoms with Crippen LogP contribution < -0.4 is 5.32 Å². The minimum atomic E-state index is -3.71. The van der Waals surface area contributed by atoms with E-state index in [1.807, 2.05) is 32.9 Å². The van der Waals surface area contributed by atoms with E-state index in [2.05, 4.69) is 16.5 Å². The van der Waals surface area contributed by atoms with E-state index in [4.69, 9.17) is 4.74 Å². The molecule has 0 unspecified atom stereocenters. The Hall–Kier alpha value is -3.01. The minimum absolute atomic E-state index is 0.0964. The van der Waals surface area contributed by atoms with Crippen molar-refractivity contribution in [2.24, 2.45) is 0 Å². The van der Waals surface area contributed by atoms with E-state index in [0.29, 0.717) is 43.2 Å². The number of aryl methyl sites for hydroxylation is 4. The third-order valence-electron chi connectivity index (χ3n) is 5.59. The van der Waals surface area contributed by atoms with Crippen LogP contribution in [0.3, 0.4) is 0 Å². The average molecular weight is 469 g/mol. The second kappa shape index (κ2) is 9.09. The predicted molar refractivity (Wildman–Crippen MR) is 126 cm³/mol. The first-order valence-electron chi connectivity index (χ1n) is 10.8. The Morgan fingerprint density at radius 1 is 0.970 bits per heavy atom. The van der Waals surface area contributed by atoms with Crippen molar-refractivity contribution < 1.29 is 17.9 Å². The van der Waals surface area contributed by atoms with Crippen molar-refractivity contribution in [3.8, 4) is 5.69 Å². The van der Waals surface area contributed by atoms with E-state index in [1.165, 1.54) is 10.4 Å². The van der Waals surface area contributed by atoms with Crippen LogP contribution in [0.1, 0.15) is 32.7 Å². The normalized spacial score (nSPS) is 14.9. The van der Waals surface area contributed by atoms with Crippen LogP contribution in [0.25, 0.3) is 5.69 Å². The van der Waals surface area contributed by atoms with Crippen LogP contribution in [0.5, 0.6) is 0 Å². The summed E-state index contributed by atoms with van der Waals surface area (Å²) in [5, 5.41) is 7.46. The number of sulfonamides is 1. The number of carbonyl (C=O) groups excluding carboxylic acids is 1. The molecule has 0 radical (unpaired) electrons. The highest BCUT2D eigenvalue weighted by Gasteiger charge is 2.27. The summed E-state index contributed by atoms with van der Waals surface area (Å²) in [5.41, 5.74) is 4.76. The number of amides is 1. The first kappa shape index (κ1) is 23.2. The largest absolute Gasteiger partial charge is 0.379 e. The van der Waals surface area contributed by atoms with E-state index in [9.17, 15) is 13.2 Å². The molecule has 1 fully saturated rings. The van der Waals surface area contributed by atoms with Gasteiger partial charge in [-0.2, -0.15) is 9.40 Å². The Bertz CT molecular complexity index is 1290. The average Bonchev–Trinajstić information content (AvgIpc) is 3.13. The molecule has 33 heavy (non-hydrogen) atoms. The number of anilines is 1. The summed E-state index contributed by atoms with van der Waals surface area (Å²) in [6, 6.07) is 12.5. The maximum atomic E-state index is 13.2. The fourth-order valence-corrected chi connectivity index (χ4v) is 5.42. The van der Waals surface area contributed by atoms with Gasteiger partial charge in [0.2, 0.25) is 10.0 Å². The maximum Gasteiger partial charge on any atom is 0.257 e. The van der Waals surface area contributed by atoms with Crippen molar-refractivity contribution in [1.29, 1.82) is 0 Å². The van der Waals surface area contributed by atoms with Gasteiger partial charge in [0.15, 0.2) is 0 Å². The lowest BCUT2D eigenvalue weighted by atomic mass is 10.1. The molecule has 1 amide bonds. The third-order valence-corrected chi connectivity index (χ3v) is 7.48. The van der Waals surface area contributed by atoms with E-state index >= 15 is 0 Å². The first-order valence-corrected chi connectivity index (χ1v) is 12.2. The molecule has 1 saturated heterocycles. The second-order valence-electron chi connectivity index (χ2n) is 8.38. The molecule has 174 valence electrons. The standard InChI is InChI=1S/C24H28N4O4S/c1-16-11-17(2)13-20(12-16)28-23(14-19(4)26-28)25-24(29)22-15-21(6-5-18(22)3)33(30,31)27-7-9-32-10-8-27/h5-6,11-15H,7-10H2,1-4H3,(H,25,29). The van der Waals surface area contributed by atoms with E-state index in [0.717, 1.165) is 22.5 Å². The number of nitrogens with one attached hydrogen (secondary N) is 1. The van der Waals surface area contributed by atoms with Gasteiger partial charge in [0.05, 0.1) is 29.5 Å². The van der Waals surface area contributed by atoms with Gasteiger partial charge in [-0.1, -0.05) is 12.1 Å². The van der Waals surface area contributed by atoms with Crippen LogP contribution in [0, 0.1) is 27.7 Å². The van der Waals surface area contributed by atoms with Gasteiger partial charge in [-0.05, 0) is 68.7 Å². The van der Waals surface area contributed by atoms with Crippen molar-refractivity contribution in [2.45, 2.75) is 32.6 Å². The molecular weight excluding hydrogens is 440 g/mol. The molecule has 0 saturated carbocycles. The lowest BCUT2D eigenvalue weighted by molar-refractivity contribution is 0.0730. The molecule has 1 N–H and O–H groups in total. The second-order valence-corrected chi connectivity index (χ2v) is 10.3. The van der Waals surface area contributed by atoms with Crippen LogP contribution in [-0.2, 0) is 14.8 Å². The summed E-state index contributed by atoms with van der Waals surface area (Å²) in [7, 11) is -3.71. The molecule has 2 aromatic carbocycles. The first-order chi connectivity index (χ1) is 15.6. The Kier molecular flexibility index (Phi) is 6.38. The molecule has 8 nitrogen and oxygen atoms in total. The number of benzene rings is 2. The summed E-state index contributed by atoms with van der Waals surface area (Å²) < 4.78 is 34.5. The van der Waals surface area contributed by atoms with Crippen molar-refractivity contribution in [3.05, 3.63) is 70.4 Å². The molecule has 9 heteroatoms. The van der Waals surface area contributed by atoms with Crippen molar-refractivity contribution >= 4 is 21.7 Å². The van der Waals surface area contributed by atoms with Crippen LogP contribution >= 0.6 is 0 Å². The van der Waals surface area contributed by atoms with Gasteiger partial charge in [0.1, 0.15) is 5.82 Å². The predicted octanol–water partition coefficient (Wildman–Crippen LogP) is 3.38. The quantitative estimate of drug-likeness (QED) is 0.620. The Balaban J connectivity index is 1.66. The van der Waals surface area contributed by atoms with Crippen LogP contribution in [-0.4, -0.2) is 54.7 Å². The SMILES string of the molecule is Cc1cc(C)cc(-n2nc(C)cc2NC(=O)c2cc(S(=O)(=O)N3CCOCC3)ccc2C)c1. The number of carbonyl (C=O) groups is 1. The Morgan fingerprint density at radius 2 is 1.64 bits per heavy atom. The van der Waals surface area contributed by atoms with E-state index < -0.39 is 15.9 Å².